The summed E-state index contributed by atoms with van der Waals surface area (Å²) in [6, 6.07) is 3.39. The van der Waals surface area contributed by atoms with E-state index in [9.17, 15) is 4.79 Å². The summed E-state index contributed by atoms with van der Waals surface area (Å²) in [5.74, 6) is -0.606. The molecule has 3 N–H and O–H groups in total. The van der Waals surface area contributed by atoms with Crippen LogP contribution in [0.5, 0.6) is 0 Å². The van der Waals surface area contributed by atoms with Gasteiger partial charge in [-0.05, 0) is 12.1 Å². The molecule has 0 saturated carbocycles. The zero-order valence-corrected chi connectivity index (χ0v) is 8.46. The number of primary amides is 1. The molecule has 1 atom stereocenters. The zero-order valence-electron chi connectivity index (χ0n) is 8.46. The van der Waals surface area contributed by atoms with Crippen LogP contribution in [0, 0.1) is 0 Å². The Morgan fingerprint density at radius 2 is 2.50 bits per heavy atom. The number of carbonyl (C=O) groups excluding carboxylic acids is 1. The van der Waals surface area contributed by atoms with E-state index in [-0.39, 0.29) is 18.4 Å². The molecule has 1 aliphatic rings. The number of pyridine rings is 1. The largest absolute Gasteiger partial charge is 0.392 e. The van der Waals surface area contributed by atoms with Crippen molar-refractivity contribution in [2.75, 3.05) is 6.61 Å². The highest BCUT2D eigenvalue weighted by Crippen LogP contribution is 2.17. The van der Waals surface area contributed by atoms with Crippen molar-refractivity contribution in [1.82, 2.24) is 4.98 Å². The lowest BCUT2D eigenvalue weighted by molar-refractivity contribution is 0.0390. The zero-order chi connectivity index (χ0) is 11.5. The summed E-state index contributed by atoms with van der Waals surface area (Å²) in [4.78, 5) is 20.0. The maximum Gasteiger partial charge on any atom is 0.267 e. The Kier molecular flexibility index (Phi) is 2.82. The van der Waals surface area contributed by atoms with E-state index in [1.54, 1.807) is 12.1 Å². The molecule has 0 aromatic carbocycles. The predicted molar refractivity (Wildman–Crippen MR) is 55.9 cm³/mol. The van der Waals surface area contributed by atoms with Crippen LogP contribution in [0.15, 0.2) is 23.5 Å². The highest BCUT2D eigenvalue weighted by molar-refractivity contribution is 6.09. The molecule has 84 valence electrons. The quantitative estimate of drug-likeness (QED) is 0.729. The number of oxime groups is 1. The summed E-state index contributed by atoms with van der Waals surface area (Å²) < 4.78 is 0. The van der Waals surface area contributed by atoms with Gasteiger partial charge in [0.15, 0.2) is 6.10 Å². The van der Waals surface area contributed by atoms with Gasteiger partial charge in [0.05, 0.1) is 12.3 Å². The number of nitrogens with zero attached hydrogens (tertiary/aromatic N) is 2. The monoisotopic (exact) mass is 221 g/mol. The van der Waals surface area contributed by atoms with Crippen LogP contribution < -0.4 is 5.73 Å². The normalized spacial score (nSPS) is 19.1. The molecule has 2 heterocycles. The number of carbonyl (C=O) groups is 1. The minimum atomic E-state index is -0.606. The lowest BCUT2D eigenvalue weighted by Gasteiger charge is -2.04. The summed E-state index contributed by atoms with van der Waals surface area (Å²) in [7, 11) is 0. The number of aromatic nitrogens is 1. The van der Waals surface area contributed by atoms with Crippen LogP contribution in [0.3, 0.4) is 0 Å². The maximum atomic E-state index is 11.1. The van der Waals surface area contributed by atoms with E-state index < -0.39 is 5.91 Å². The highest BCUT2D eigenvalue weighted by Gasteiger charge is 2.24. The van der Waals surface area contributed by atoms with Gasteiger partial charge in [-0.2, -0.15) is 0 Å². The molecule has 2 rings (SSSR count). The van der Waals surface area contributed by atoms with Crippen LogP contribution in [-0.4, -0.2) is 34.4 Å². The molecule has 1 amide bonds. The standard InChI is InChI=1S/C10H11N3O3/c11-10(15)9-7(2-1-3-12-9)8-4-6(5-14)16-13-8/h1-3,6,14H,4-5H2,(H2,11,15). The Morgan fingerprint density at radius 1 is 1.69 bits per heavy atom. The SMILES string of the molecule is NC(=O)c1ncccc1C1=NOC(CO)C1. The van der Waals surface area contributed by atoms with Crippen molar-refractivity contribution < 1.29 is 14.7 Å². The average molecular weight is 221 g/mol. The van der Waals surface area contributed by atoms with Gasteiger partial charge in [0.2, 0.25) is 0 Å². The molecule has 1 aromatic heterocycles. The third-order valence-electron chi connectivity index (χ3n) is 2.29. The summed E-state index contributed by atoms with van der Waals surface area (Å²) in [5.41, 5.74) is 6.52. The van der Waals surface area contributed by atoms with Gasteiger partial charge >= 0.3 is 0 Å². The van der Waals surface area contributed by atoms with Gasteiger partial charge in [-0.3, -0.25) is 9.78 Å². The summed E-state index contributed by atoms with van der Waals surface area (Å²) >= 11 is 0. The van der Waals surface area contributed by atoms with E-state index in [1.807, 2.05) is 0 Å². The van der Waals surface area contributed by atoms with Gasteiger partial charge in [0, 0.05) is 18.2 Å². The lowest BCUT2D eigenvalue weighted by Crippen LogP contribution is -2.19. The molecule has 1 unspecified atom stereocenters. The molecule has 1 aliphatic heterocycles. The first-order valence-electron chi connectivity index (χ1n) is 4.81. The third-order valence-corrected chi connectivity index (χ3v) is 2.29. The Hall–Kier alpha value is -1.95. The number of hydrogen-bond donors (Lipinski definition) is 2. The summed E-state index contributed by atoms with van der Waals surface area (Å²) in [6.07, 6.45) is 1.59. The molecule has 0 saturated heterocycles. The Bertz CT molecular complexity index is 445. The predicted octanol–water partition coefficient (Wildman–Crippen LogP) is -0.334. The fourth-order valence-electron chi connectivity index (χ4n) is 1.52. The minimum absolute atomic E-state index is 0.112. The van der Waals surface area contributed by atoms with E-state index in [2.05, 4.69) is 10.1 Å². The van der Waals surface area contributed by atoms with Crippen LogP contribution in [0.4, 0.5) is 0 Å². The van der Waals surface area contributed by atoms with Crippen molar-refractivity contribution in [1.29, 1.82) is 0 Å². The second kappa shape index (κ2) is 4.28. The Balaban J connectivity index is 2.31. The van der Waals surface area contributed by atoms with Crippen molar-refractivity contribution in [3.63, 3.8) is 0 Å². The van der Waals surface area contributed by atoms with E-state index in [1.165, 1.54) is 6.20 Å². The molecule has 0 fully saturated rings. The van der Waals surface area contributed by atoms with Gasteiger partial charge < -0.3 is 15.7 Å². The summed E-state index contributed by atoms with van der Waals surface area (Å²) in [6.45, 7) is -0.112. The van der Waals surface area contributed by atoms with Crippen LogP contribution in [0.2, 0.25) is 0 Å². The number of aliphatic hydroxyl groups excluding tert-OH is 1. The van der Waals surface area contributed by atoms with Gasteiger partial charge in [-0.15, -0.1) is 0 Å². The highest BCUT2D eigenvalue weighted by atomic mass is 16.6. The molecule has 0 spiro atoms. The summed E-state index contributed by atoms with van der Waals surface area (Å²) in [5, 5.41) is 12.7. The Labute approximate surface area is 91.7 Å². The van der Waals surface area contributed by atoms with Gasteiger partial charge in [0.1, 0.15) is 5.69 Å². The topological polar surface area (TPSA) is 97.8 Å². The van der Waals surface area contributed by atoms with Crippen LogP contribution in [-0.2, 0) is 4.84 Å². The lowest BCUT2D eigenvalue weighted by atomic mass is 10.0. The molecule has 0 radical (unpaired) electrons. The molecule has 1 aromatic rings. The first-order valence-corrected chi connectivity index (χ1v) is 4.81. The van der Waals surface area contributed by atoms with Gasteiger partial charge in [-0.25, -0.2) is 0 Å². The second-order valence-electron chi connectivity index (χ2n) is 3.42. The molecule has 16 heavy (non-hydrogen) atoms. The van der Waals surface area contributed by atoms with Gasteiger partial charge in [0.25, 0.3) is 5.91 Å². The number of nitrogens with two attached hydrogens (primary N) is 1. The minimum Gasteiger partial charge on any atom is -0.392 e. The Morgan fingerprint density at radius 3 is 3.12 bits per heavy atom. The van der Waals surface area contributed by atoms with E-state index in [0.29, 0.717) is 17.7 Å². The molecule has 6 nitrogen and oxygen atoms in total. The molecule has 0 aliphatic carbocycles. The van der Waals surface area contributed by atoms with Crippen molar-refractivity contribution in [3.8, 4) is 0 Å². The van der Waals surface area contributed by atoms with Crippen molar-refractivity contribution in [2.45, 2.75) is 12.5 Å². The van der Waals surface area contributed by atoms with Gasteiger partial charge in [-0.1, -0.05) is 5.16 Å². The van der Waals surface area contributed by atoms with Crippen molar-refractivity contribution in [2.24, 2.45) is 10.9 Å². The number of hydrogen-bond acceptors (Lipinski definition) is 5. The average Bonchev–Trinajstić information content (AvgIpc) is 2.77. The first-order chi connectivity index (χ1) is 7.72. The number of rotatable bonds is 3. The molecule has 0 bridgehead atoms. The van der Waals surface area contributed by atoms with E-state index >= 15 is 0 Å². The molecular weight excluding hydrogens is 210 g/mol. The smallest absolute Gasteiger partial charge is 0.267 e. The van der Waals surface area contributed by atoms with E-state index in [0.717, 1.165) is 0 Å². The first kappa shape index (κ1) is 10.6. The molecule has 6 heteroatoms. The number of amides is 1. The van der Waals surface area contributed by atoms with Crippen molar-refractivity contribution in [3.05, 3.63) is 29.6 Å². The van der Waals surface area contributed by atoms with Crippen LogP contribution >= 0.6 is 0 Å². The fourth-order valence-corrected chi connectivity index (χ4v) is 1.52. The number of aliphatic hydroxyl groups is 1. The van der Waals surface area contributed by atoms with Crippen LogP contribution in [0.1, 0.15) is 22.5 Å². The van der Waals surface area contributed by atoms with Crippen LogP contribution in [0.25, 0.3) is 0 Å². The fraction of sp³-hybridized carbons (Fsp3) is 0.300. The van der Waals surface area contributed by atoms with Crippen molar-refractivity contribution >= 4 is 11.6 Å². The van der Waals surface area contributed by atoms with E-state index in [4.69, 9.17) is 15.7 Å². The second-order valence-corrected chi connectivity index (χ2v) is 3.42. The maximum absolute atomic E-state index is 11.1. The molecular formula is C10H11N3O3. The third kappa shape index (κ3) is 1.87.